The Morgan fingerprint density at radius 2 is 1.82 bits per heavy atom. The summed E-state index contributed by atoms with van der Waals surface area (Å²) < 4.78 is 56.3. The average Bonchev–Trinajstić information content (AvgIpc) is 3.26. The molecule has 0 amide bonds. The van der Waals surface area contributed by atoms with E-state index >= 15 is 0 Å². The first-order valence-corrected chi connectivity index (χ1v) is 9.27. The molecule has 0 saturated carbocycles. The molecule has 1 N–H and O–H groups in total. The number of hydrogen-bond donors (Lipinski definition) is 1. The summed E-state index contributed by atoms with van der Waals surface area (Å²) in [5.41, 5.74) is -2.26. The second-order valence-corrected chi connectivity index (χ2v) is 7.53. The van der Waals surface area contributed by atoms with Crippen molar-refractivity contribution in [3.8, 4) is 5.69 Å². The summed E-state index contributed by atoms with van der Waals surface area (Å²) in [4.78, 5) is 1.41. The molecule has 1 aliphatic heterocycles. The van der Waals surface area contributed by atoms with Crippen LogP contribution in [0.2, 0.25) is 0 Å². The normalized spacial score (nSPS) is 17.1. The summed E-state index contributed by atoms with van der Waals surface area (Å²) in [6.07, 6.45) is -2.16. The first-order valence-electron chi connectivity index (χ1n) is 8.29. The SMILES string of the molecule is CN1C=C(C(O)(c2ccc3c(cnn3-c3ccc(F)cc3)c2)C(F)(F)F)SC1. The molecule has 0 spiro atoms. The lowest BCUT2D eigenvalue weighted by atomic mass is 9.91. The van der Waals surface area contributed by atoms with Gasteiger partial charge >= 0.3 is 6.18 Å². The fourth-order valence-electron chi connectivity index (χ4n) is 3.14. The lowest BCUT2D eigenvalue weighted by Gasteiger charge is -2.31. The molecule has 2 aromatic carbocycles. The molecule has 1 aliphatic rings. The molecule has 1 unspecified atom stereocenters. The topological polar surface area (TPSA) is 41.3 Å². The van der Waals surface area contributed by atoms with E-state index in [0.29, 0.717) is 22.5 Å². The van der Waals surface area contributed by atoms with Gasteiger partial charge in [-0.3, -0.25) is 0 Å². The van der Waals surface area contributed by atoms with Crippen molar-refractivity contribution in [1.82, 2.24) is 14.7 Å². The van der Waals surface area contributed by atoms with E-state index in [9.17, 15) is 22.7 Å². The van der Waals surface area contributed by atoms with E-state index in [1.807, 2.05) is 0 Å². The Balaban J connectivity index is 1.83. The third-order valence-corrected chi connectivity index (χ3v) is 5.83. The predicted molar refractivity (Wildman–Crippen MR) is 99.3 cm³/mol. The number of alkyl halides is 3. The highest BCUT2D eigenvalue weighted by Crippen LogP contribution is 2.50. The molecule has 0 saturated heterocycles. The lowest BCUT2D eigenvalue weighted by molar-refractivity contribution is -0.246. The Morgan fingerprint density at radius 3 is 2.43 bits per heavy atom. The summed E-state index contributed by atoms with van der Waals surface area (Å²) in [6.45, 7) is 0. The zero-order valence-corrected chi connectivity index (χ0v) is 15.4. The van der Waals surface area contributed by atoms with Crippen LogP contribution in [0.15, 0.2) is 59.8 Å². The second kappa shape index (κ2) is 6.52. The number of aliphatic hydroxyl groups is 1. The van der Waals surface area contributed by atoms with Crippen molar-refractivity contribution in [2.45, 2.75) is 11.8 Å². The molecular weight excluding hydrogens is 394 g/mol. The zero-order chi connectivity index (χ0) is 20.1. The maximum atomic E-state index is 13.9. The molecule has 2 heterocycles. The van der Waals surface area contributed by atoms with Crippen molar-refractivity contribution in [2.75, 3.05) is 12.9 Å². The van der Waals surface area contributed by atoms with Crippen LogP contribution in [-0.4, -0.2) is 38.9 Å². The van der Waals surface area contributed by atoms with Crippen LogP contribution in [0.25, 0.3) is 16.6 Å². The van der Waals surface area contributed by atoms with E-state index in [1.54, 1.807) is 11.9 Å². The third-order valence-electron chi connectivity index (χ3n) is 4.59. The molecule has 0 radical (unpaired) electrons. The molecule has 146 valence electrons. The van der Waals surface area contributed by atoms with Gasteiger partial charge in [-0.15, -0.1) is 11.8 Å². The van der Waals surface area contributed by atoms with Gasteiger partial charge in [0.05, 0.1) is 23.3 Å². The molecule has 1 atom stereocenters. The maximum absolute atomic E-state index is 13.9. The third kappa shape index (κ3) is 2.94. The Kier molecular flexibility index (Phi) is 4.39. The van der Waals surface area contributed by atoms with Crippen molar-refractivity contribution in [1.29, 1.82) is 0 Å². The summed E-state index contributed by atoms with van der Waals surface area (Å²) >= 11 is 0.949. The molecule has 9 heteroatoms. The monoisotopic (exact) mass is 409 g/mol. The van der Waals surface area contributed by atoms with Crippen LogP contribution < -0.4 is 0 Å². The summed E-state index contributed by atoms with van der Waals surface area (Å²) in [5, 5.41) is 15.4. The first kappa shape index (κ1) is 18.8. The van der Waals surface area contributed by atoms with E-state index in [2.05, 4.69) is 5.10 Å². The molecule has 4 rings (SSSR count). The van der Waals surface area contributed by atoms with Crippen molar-refractivity contribution in [3.05, 3.63) is 71.1 Å². The van der Waals surface area contributed by atoms with Crippen molar-refractivity contribution < 1.29 is 22.7 Å². The number of thioether (sulfide) groups is 1. The van der Waals surface area contributed by atoms with Gasteiger partial charge in [0.1, 0.15) is 5.82 Å². The van der Waals surface area contributed by atoms with Crippen LogP contribution in [0.5, 0.6) is 0 Å². The smallest absolute Gasteiger partial charge is 0.372 e. The minimum atomic E-state index is -4.89. The van der Waals surface area contributed by atoms with Gasteiger partial charge in [0, 0.05) is 23.5 Å². The maximum Gasteiger partial charge on any atom is 0.426 e. The van der Waals surface area contributed by atoms with Gasteiger partial charge in [-0.1, -0.05) is 6.07 Å². The van der Waals surface area contributed by atoms with Crippen LogP contribution in [0, 0.1) is 5.82 Å². The van der Waals surface area contributed by atoms with E-state index < -0.39 is 17.6 Å². The number of aromatic nitrogens is 2. The van der Waals surface area contributed by atoms with Crippen LogP contribution in [-0.2, 0) is 5.60 Å². The predicted octanol–water partition coefficient (Wildman–Crippen LogP) is 4.39. The van der Waals surface area contributed by atoms with Crippen LogP contribution in [0.4, 0.5) is 17.6 Å². The van der Waals surface area contributed by atoms with Gasteiger partial charge in [0.15, 0.2) is 0 Å². The fourth-order valence-corrected chi connectivity index (χ4v) is 4.25. The van der Waals surface area contributed by atoms with Crippen LogP contribution in [0.1, 0.15) is 5.56 Å². The van der Waals surface area contributed by atoms with Crippen molar-refractivity contribution >= 4 is 22.7 Å². The number of halogens is 4. The summed E-state index contributed by atoms with van der Waals surface area (Å²) in [7, 11) is 1.65. The Labute approximate surface area is 162 Å². The number of hydrogen-bond acceptors (Lipinski definition) is 4. The fraction of sp³-hybridized carbons (Fsp3) is 0.211. The van der Waals surface area contributed by atoms with Crippen LogP contribution >= 0.6 is 11.8 Å². The van der Waals surface area contributed by atoms with Gasteiger partial charge < -0.3 is 10.0 Å². The summed E-state index contributed by atoms with van der Waals surface area (Å²) in [5.74, 6) is -0.0663. The summed E-state index contributed by atoms with van der Waals surface area (Å²) in [6, 6.07) is 9.61. The van der Waals surface area contributed by atoms with Gasteiger partial charge in [-0.2, -0.15) is 18.3 Å². The van der Waals surface area contributed by atoms with Gasteiger partial charge in [-0.05, 0) is 42.0 Å². The minimum absolute atomic E-state index is 0.173. The minimum Gasteiger partial charge on any atom is -0.372 e. The first-order chi connectivity index (χ1) is 13.2. The Bertz CT molecular complexity index is 1060. The number of benzene rings is 2. The lowest BCUT2D eigenvalue weighted by Crippen LogP contribution is -2.43. The number of fused-ring (bicyclic) bond motifs is 1. The molecular formula is C19H15F4N3OS. The van der Waals surface area contributed by atoms with Crippen molar-refractivity contribution in [3.63, 3.8) is 0 Å². The van der Waals surface area contributed by atoms with E-state index in [0.717, 1.165) is 11.8 Å². The molecule has 0 fully saturated rings. The zero-order valence-electron chi connectivity index (χ0n) is 14.6. The molecule has 28 heavy (non-hydrogen) atoms. The largest absolute Gasteiger partial charge is 0.426 e. The molecule has 0 aliphatic carbocycles. The van der Waals surface area contributed by atoms with Crippen molar-refractivity contribution in [2.24, 2.45) is 0 Å². The second-order valence-electron chi connectivity index (χ2n) is 6.54. The highest BCUT2D eigenvalue weighted by atomic mass is 32.2. The van der Waals surface area contributed by atoms with E-state index in [1.165, 1.54) is 59.5 Å². The average molecular weight is 409 g/mol. The highest BCUT2D eigenvalue weighted by Gasteiger charge is 2.58. The van der Waals surface area contributed by atoms with E-state index in [-0.39, 0.29) is 10.5 Å². The van der Waals surface area contributed by atoms with Gasteiger partial charge in [0.2, 0.25) is 5.60 Å². The van der Waals surface area contributed by atoms with Gasteiger partial charge in [0.25, 0.3) is 0 Å². The number of rotatable bonds is 3. The van der Waals surface area contributed by atoms with Gasteiger partial charge in [-0.25, -0.2) is 9.07 Å². The Morgan fingerprint density at radius 1 is 1.11 bits per heavy atom. The molecule has 0 bridgehead atoms. The molecule has 3 aromatic rings. The Hall–Kier alpha value is -2.52. The highest BCUT2D eigenvalue weighted by molar-refractivity contribution is 8.03. The molecule has 4 nitrogen and oxygen atoms in total. The molecule has 1 aromatic heterocycles. The van der Waals surface area contributed by atoms with Crippen LogP contribution in [0.3, 0.4) is 0 Å². The number of nitrogens with zero attached hydrogens (tertiary/aromatic N) is 3. The quantitative estimate of drug-likeness (QED) is 0.652. The standard InChI is InChI=1S/C19H15F4N3OS/c1-25-10-17(28-11-25)18(27,19(21,22)23)13-2-7-16-12(8-13)9-24-26(16)15-5-3-14(20)4-6-15/h2-10,27H,11H2,1H3. The van der Waals surface area contributed by atoms with E-state index in [4.69, 9.17) is 0 Å².